The van der Waals surface area contributed by atoms with Crippen LogP contribution in [0.5, 0.6) is 0 Å². The van der Waals surface area contributed by atoms with E-state index in [9.17, 15) is 14.9 Å². The topological polar surface area (TPSA) is 78.0 Å². The number of hydrogen-bond donors (Lipinski definition) is 0. The summed E-state index contributed by atoms with van der Waals surface area (Å²) in [5.41, 5.74) is 2.43. The summed E-state index contributed by atoms with van der Waals surface area (Å²) in [4.78, 5) is 23.1. The summed E-state index contributed by atoms with van der Waals surface area (Å²) in [5, 5.41) is 16.1. The molecule has 26 heavy (non-hydrogen) atoms. The molecule has 0 spiro atoms. The van der Waals surface area contributed by atoms with E-state index in [2.05, 4.69) is 5.10 Å². The number of nitro groups is 1. The van der Waals surface area contributed by atoms with Gasteiger partial charge in [0.1, 0.15) is 0 Å². The van der Waals surface area contributed by atoms with Crippen LogP contribution in [-0.4, -0.2) is 29.2 Å². The van der Waals surface area contributed by atoms with E-state index < -0.39 is 4.92 Å². The monoisotopic (exact) mass is 411 g/mol. The SMILES string of the molecule is Cc1nn(-c2ccccc2)c2[se]c(-c3ccc([N+](=O)[O-])cc3)cc(=O)c12. The third kappa shape index (κ3) is 2.77. The molecule has 7 heteroatoms. The van der Waals surface area contributed by atoms with Gasteiger partial charge in [-0.25, -0.2) is 0 Å². The fraction of sp³-hybridized carbons (Fsp3) is 0.0526. The molecule has 4 aromatic rings. The Bertz CT molecular complexity index is 1180. The molecule has 0 atom stereocenters. The average Bonchev–Trinajstić information content (AvgIpc) is 2.99. The molecule has 2 aromatic carbocycles. The van der Waals surface area contributed by atoms with Crippen molar-refractivity contribution in [3.05, 3.63) is 86.7 Å². The number of non-ortho nitro benzene ring substituents is 1. The van der Waals surface area contributed by atoms with Crippen LogP contribution in [0, 0.1) is 17.0 Å². The fourth-order valence-electron chi connectivity index (χ4n) is 2.84. The molecule has 0 aliphatic heterocycles. The van der Waals surface area contributed by atoms with E-state index in [1.165, 1.54) is 12.1 Å². The average molecular weight is 410 g/mol. The summed E-state index contributed by atoms with van der Waals surface area (Å²) >= 11 is -0.142. The van der Waals surface area contributed by atoms with Gasteiger partial charge in [0.25, 0.3) is 0 Å². The molecule has 128 valence electrons. The predicted molar refractivity (Wildman–Crippen MR) is 101 cm³/mol. The second kappa shape index (κ2) is 6.37. The van der Waals surface area contributed by atoms with Gasteiger partial charge in [0.2, 0.25) is 0 Å². The van der Waals surface area contributed by atoms with Crippen molar-refractivity contribution in [3.8, 4) is 15.7 Å². The van der Waals surface area contributed by atoms with Crippen molar-refractivity contribution in [3.63, 3.8) is 0 Å². The number of hydrogen-bond acceptors (Lipinski definition) is 4. The van der Waals surface area contributed by atoms with Gasteiger partial charge in [-0.1, -0.05) is 0 Å². The first-order valence-electron chi connectivity index (χ1n) is 7.88. The second-order valence-electron chi connectivity index (χ2n) is 5.79. The number of fused-ring (bicyclic) bond motifs is 1. The van der Waals surface area contributed by atoms with Crippen LogP contribution in [0.4, 0.5) is 5.69 Å². The number of nitrogens with zero attached hydrogens (tertiary/aromatic N) is 3. The predicted octanol–water partition coefficient (Wildman–Crippen LogP) is 3.33. The van der Waals surface area contributed by atoms with Crippen LogP contribution in [-0.2, 0) is 0 Å². The summed E-state index contributed by atoms with van der Waals surface area (Å²) < 4.78 is 3.63. The minimum atomic E-state index is -0.429. The molecule has 6 nitrogen and oxygen atoms in total. The number of para-hydroxylation sites is 1. The van der Waals surface area contributed by atoms with E-state index in [-0.39, 0.29) is 25.6 Å². The Kier molecular flexibility index (Phi) is 4.03. The molecule has 0 fully saturated rings. The third-order valence-electron chi connectivity index (χ3n) is 4.10. The van der Waals surface area contributed by atoms with E-state index in [1.54, 1.807) is 18.2 Å². The van der Waals surface area contributed by atoms with Gasteiger partial charge in [-0.05, 0) is 0 Å². The first-order chi connectivity index (χ1) is 12.5. The van der Waals surface area contributed by atoms with Crippen molar-refractivity contribution >= 4 is 30.0 Å². The second-order valence-corrected chi connectivity index (χ2v) is 7.95. The van der Waals surface area contributed by atoms with E-state index in [0.717, 1.165) is 25.8 Å². The van der Waals surface area contributed by atoms with E-state index in [4.69, 9.17) is 0 Å². The molecule has 0 saturated heterocycles. The van der Waals surface area contributed by atoms with E-state index >= 15 is 0 Å². The van der Waals surface area contributed by atoms with Crippen LogP contribution >= 0.6 is 0 Å². The van der Waals surface area contributed by atoms with Crippen LogP contribution in [0.1, 0.15) is 5.69 Å². The maximum absolute atomic E-state index is 12.7. The van der Waals surface area contributed by atoms with Gasteiger partial charge in [-0.15, -0.1) is 0 Å². The van der Waals surface area contributed by atoms with Gasteiger partial charge in [-0.3, -0.25) is 0 Å². The van der Waals surface area contributed by atoms with Crippen molar-refractivity contribution in [1.29, 1.82) is 0 Å². The molecule has 0 bridgehead atoms. The maximum atomic E-state index is 12.7. The Morgan fingerprint density at radius 1 is 1.08 bits per heavy atom. The number of rotatable bonds is 3. The third-order valence-corrected chi connectivity index (χ3v) is 6.50. The Morgan fingerprint density at radius 2 is 1.77 bits per heavy atom. The van der Waals surface area contributed by atoms with Crippen LogP contribution in [0.2, 0.25) is 0 Å². The Hall–Kier alpha value is -3.02. The number of nitro benzene ring substituents is 1. The number of aromatic nitrogens is 2. The Balaban J connectivity index is 1.93. The first-order valence-corrected chi connectivity index (χ1v) is 9.59. The van der Waals surface area contributed by atoms with Crippen LogP contribution in [0.25, 0.3) is 25.5 Å². The van der Waals surface area contributed by atoms with Crippen molar-refractivity contribution < 1.29 is 4.92 Å². The molecular formula is C19H13N3O3Se. The summed E-state index contributed by atoms with van der Waals surface area (Å²) in [7, 11) is 0. The van der Waals surface area contributed by atoms with Gasteiger partial charge in [0, 0.05) is 0 Å². The molecular weight excluding hydrogens is 397 g/mol. The summed E-state index contributed by atoms with van der Waals surface area (Å²) in [6.45, 7) is 1.84. The zero-order chi connectivity index (χ0) is 18.3. The Morgan fingerprint density at radius 3 is 2.42 bits per heavy atom. The zero-order valence-corrected chi connectivity index (χ0v) is 15.5. The molecule has 0 amide bonds. The summed E-state index contributed by atoms with van der Waals surface area (Å²) in [6, 6.07) is 17.7. The van der Waals surface area contributed by atoms with Crippen molar-refractivity contribution in [2.75, 3.05) is 0 Å². The van der Waals surface area contributed by atoms with Crippen LogP contribution in [0.3, 0.4) is 0 Å². The Labute approximate surface area is 154 Å². The van der Waals surface area contributed by atoms with Crippen molar-refractivity contribution in [2.45, 2.75) is 6.92 Å². The molecule has 0 aliphatic carbocycles. The standard InChI is InChI=1S/C19H13N3O3Se/c1-12-18-16(23)11-17(13-7-9-15(10-8-13)22(24)25)26-19(18)21(20-12)14-5-3-2-4-6-14/h2-11H,1H3. The molecule has 0 radical (unpaired) electrons. The summed E-state index contributed by atoms with van der Waals surface area (Å²) in [6.07, 6.45) is 0. The van der Waals surface area contributed by atoms with Crippen molar-refractivity contribution in [1.82, 2.24) is 9.78 Å². The molecule has 0 saturated carbocycles. The fourth-order valence-corrected chi connectivity index (χ4v) is 5.38. The molecule has 0 aliphatic rings. The quantitative estimate of drug-likeness (QED) is 0.295. The van der Waals surface area contributed by atoms with E-state index in [0.29, 0.717) is 5.39 Å². The summed E-state index contributed by atoms with van der Waals surface area (Å²) in [5.74, 6) is 0. The number of aryl methyl sites for hydroxylation is 1. The van der Waals surface area contributed by atoms with Gasteiger partial charge in [0.15, 0.2) is 0 Å². The van der Waals surface area contributed by atoms with Crippen molar-refractivity contribution in [2.24, 2.45) is 0 Å². The normalized spacial score (nSPS) is 11.0. The van der Waals surface area contributed by atoms with Gasteiger partial charge in [-0.2, -0.15) is 0 Å². The molecule has 0 unspecified atom stereocenters. The van der Waals surface area contributed by atoms with Gasteiger partial charge < -0.3 is 0 Å². The van der Waals surface area contributed by atoms with Gasteiger partial charge in [0.05, 0.1) is 0 Å². The minimum absolute atomic E-state index is 0.0369. The first kappa shape index (κ1) is 16.4. The number of benzene rings is 2. The molecule has 4 rings (SSSR count). The van der Waals surface area contributed by atoms with E-state index in [1.807, 2.05) is 41.9 Å². The molecule has 2 heterocycles. The zero-order valence-electron chi connectivity index (χ0n) is 13.7. The van der Waals surface area contributed by atoms with Crippen LogP contribution < -0.4 is 5.43 Å². The molecule has 2 aromatic heterocycles. The van der Waals surface area contributed by atoms with Gasteiger partial charge >= 0.3 is 154 Å². The van der Waals surface area contributed by atoms with Crippen LogP contribution in [0.15, 0.2) is 65.5 Å². The molecule has 0 N–H and O–H groups in total.